The molecule has 1 aliphatic rings. The van der Waals surface area contributed by atoms with Gasteiger partial charge in [0.25, 0.3) is 0 Å². The van der Waals surface area contributed by atoms with Crippen LogP contribution in [0.25, 0.3) is 10.9 Å². The molecular weight excluding hydrogens is 332 g/mol. The summed E-state index contributed by atoms with van der Waals surface area (Å²) in [5.74, 6) is 1.79. The number of halogens is 1. The Morgan fingerprint density at radius 1 is 0.960 bits per heavy atom. The molecule has 5 heteroatoms. The first kappa shape index (κ1) is 16.3. The van der Waals surface area contributed by atoms with Crippen molar-refractivity contribution in [2.75, 3.05) is 18.4 Å². The van der Waals surface area contributed by atoms with Gasteiger partial charge in [0.05, 0.1) is 12.1 Å². The Labute approximate surface area is 152 Å². The Morgan fingerprint density at radius 3 is 2.52 bits per heavy atom. The quantitative estimate of drug-likeness (QED) is 0.734. The normalized spacial score (nSPS) is 14.9. The van der Waals surface area contributed by atoms with Crippen LogP contribution in [0.1, 0.15) is 24.2 Å². The Bertz CT molecular complexity index is 857. The first-order valence-electron chi connectivity index (χ1n) is 8.74. The second-order valence-corrected chi connectivity index (χ2v) is 6.91. The molecule has 1 saturated heterocycles. The fraction of sp³-hybridized carbons (Fsp3) is 0.300. The molecule has 1 aromatic heterocycles. The summed E-state index contributed by atoms with van der Waals surface area (Å²) in [6.45, 7) is 3.81. The van der Waals surface area contributed by atoms with Crippen LogP contribution < -0.4 is 5.32 Å². The zero-order chi connectivity index (χ0) is 17.1. The highest BCUT2D eigenvalue weighted by atomic mass is 35.5. The van der Waals surface area contributed by atoms with Crippen molar-refractivity contribution in [1.29, 1.82) is 0 Å². The van der Waals surface area contributed by atoms with Gasteiger partial charge in [-0.3, -0.25) is 4.90 Å². The van der Waals surface area contributed by atoms with Gasteiger partial charge in [-0.2, -0.15) is 0 Å². The third kappa shape index (κ3) is 3.91. The third-order valence-electron chi connectivity index (χ3n) is 4.59. The number of aromatic nitrogens is 2. The van der Waals surface area contributed by atoms with Crippen LogP contribution >= 0.6 is 11.6 Å². The van der Waals surface area contributed by atoms with Crippen LogP contribution in [0.15, 0.2) is 48.5 Å². The molecule has 1 fully saturated rings. The predicted molar refractivity (Wildman–Crippen MR) is 103 cm³/mol. The number of anilines is 1. The molecule has 0 radical (unpaired) electrons. The molecule has 1 N–H and O–H groups in total. The maximum Gasteiger partial charge on any atom is 0.145 e. The van der Waals surface area contributed by atoms with Gasteiger partial charge in [0, 0.05) is 17.0 Å². The van der Waals surface area contributed by atoms with E-state index >= 15 is 0 Å². The number of hydrogen-bond acceptors (Lipinski definition) is 4. The maximum absolute atomic E-state index is 5.96. The molecule has 25 heavy (non-hydrogen) atoms. The van der Waals surface area contributed by atoms with Gasteiger partial charge in [-0.25, -0.2) is 9.97 Å². The predicted octanol–water partition coefficient (Wildman–Crippen LogP) is 4.49. The van der Waals surface area contributed by atoms with Gasteiger partial charge in [-0.1, -0.05) is 35.9 Å². The Morgan fingerprint density at radius 2 is 1.72 bits per heavy atom. The standard InChI is InChI=1S/C20H21ClN4/c21-16-9-7-15(8-10-16)13-22-20-17-5-1-2-6-18(17)23-19(24-20)14-25-11-3-4-12-25/h1-2,5-10H,3-4,11-14H2,(H,22,23,24). The number of rotatable bonds is 5. The SMILES string of the molecule is Clc1ccc(CNc2nc(CN3CCCC3)nc3ccccc23)cc1. The smallest absolute Gasteiger partial charge is 0.145 e. The fourth-order valence-corrected chi connectivity index (χ4v) is 3.38. The summed E-state index contributed by atoms with van der Waals surface area (Å²) < 4.78 is 0. The van der Waals surface area contributed by atoms with Gasteiger partial charge in [-0.15, -0.1) is 0 Å². The van der Waals surface area contributed by atoms with Crippen molar-refractivity contribution in [2.45, 2.75) is 25.9 Å². The number of fused-ring (bicyclic) bond motifs is 1. The molecule has 0 bridgehead atoms. The van der Waals surface area contributed by atoms with Crippen LogP contribution in [0, 0.1) is 0 Å². The van der Waals surface area contributed by atoms with E-state index in [-0.39, 0.29) is 0 Å². The van der Waals surface area contributed by atoms with Crippen LogP contribution in [0.2, 0.25) is 5.02 Å². The highest BCUT2D eigenvalue weighted by Crippen LogP contribution is 2.22. The van der Waals surface area contributed by atoms with E-state index in [0.717, 1.165) is 47.2 Å². The van der Waals surface area contributed by atoms with E-state index in [9.17, 15) is 0 Å². The minimum Gasteiger partial charge on any atom is -0.365 e. The number of nitrogens with zero attached hydrogens (tertiary/aromatic N) is 3. The summed E-state index contributed by atoms with van der Waals surface area (Å²) in [6.07, 6.45) is 2.55. The lowest BCUT2D eigenvalue weighted by Gasteiger charge is -2.15. The highest BCUT2D eigenvalue weighted by molar-refractivity contribution is 6.30. The first-order chi connectivity index (χ1) is 12.3. The minimum atomic E-state index is 0.710. The summed E-state index contributed by atoms with van der Waals surface area (Å²) in [6, 6.07) is 16.1. The maximum atomic E-state index is 5.96. The van der Waals surface area contributed by atoms with Crippen molar-refractivity contribution < 1.29 is 0 Å². The average Bonchev–Trinajstić information content (AvgIpc) is 3.14. The molecule has 0 saturated carbocycles. The van der Waals surface area contributed by atoms with Crippen molar-refractivity contribution >= 4 is 28.3 Å². The molecule has 4 rings (SSSR count). The highest BCUT2D eigenvalue weighted by Gasteiger charge is 2.15. The second kappa shape index (κ2) is 7.38. The molecule has 3 aromatic rings. The van der Waals surface area contributed by atoms with E-state index in [1.165, 1.54) is 18.4 Å². The van der Waals surface area contributed by atoms with Crippen molar-refractivity contribution in [3.05, 3.63) is 64.9 Å². The lowest BCUT2D eigenvalue weighted by atomic mass is 10.2. The van der Waals surface area contributed by atoms with E-state index in [4.69, 9.17) is 21.6 Å². The molecule has 1 aliphatic heterocycles. The summed E-state index contributed by atoms with van der Waals surface area (Å²) in [5.41, 5.74) is 2.17. The molecule has 4 nitrogen and oxygen atoms in total. The molecule has 2 aromatic carbocycles. The first-order valence-corrected chi connectivity index (χ1v) is 9.12. The number of hydrogen-bond donors (Lipinski definition) is 1. The van der Waals surface area contributed by atoms with E-state index in [1.54, 1.807) is 0 Å². The zero-order valence-electron chi connectivity index (χ0n) is 14.1. The zero-order valence-corrected chi connectivity index (χ0v) is 14.8. The number of benzene rings is 2. The summed E-state index contributed by atoms with van der Waals surface area (Å²) in [4.78, 5) is 12.0. The van der Waals surface area contributed by atoms with Crippen molar-refractivity contribution in [3.63, 3.8) is 0 Å². The monoisotopic (exact) mass is 352 g/mol. The molecule has 128 valence electrons. The molecule has 0 aliphatic carbocycles. The van der Waals surface area contributed by atoms with Gasteiger partial charge in [0.15, 0.2) is 0 Å². The second-order valence-electron chi connectivity index (χ2n) is 6.47. The van der Waals surface area contributed by atoms with Crippen molar-refractivity contribution in [3.8, 4) is 0 Å². The van der Waals surface area contributed by atoms with Gasteiger partial charge < -0.3 is 5.32 Å². The third-order valence-corrected chi connectivity index (χ3v) is 4.84. The van der Waals surface area contributed by atoms with Gasteiger partial charge in [0.1, 0.15) is 11.6 Å². The number of likely N-dealkylation sites (tertiary alicyclic amines) is 1. The van der Waals surface area contributed by atoms with Crippen LogP contribution in [0.3, 0.4) is 0 Å². The summed E-state index contributed by atoms with van der Waals surface area (Å²) in [7, 11) is 0. The molecule has 2 heterocycles. The minimum absolute atomic E-state index is 0.710. The molecule has 0 atom stereocenters. The van der Waals surface area contributed by atoms with E-state index in [0.29, 0.717) is 6.54 Å². The van der Waals surface area contributed by atoms with Crippen molar-refractivity contribution in [2.24, 2.45) is 0 Å². The van der Waals surface area contributed by atoms with Crippen LogP contribution in [-0.4, -0.2) is 28.0 Å². The van der Waals surface area contributed by atoms with E-state index in [1.807, 2.05) is 36.4 Å². The van der Waals surface area contributed by atoms with E-state index < -0.39 is 0 Å². The lowest BCUT2D eigenvalue weighted by Crippen LogP contribution is -2.20. The van der Waals surface area contributed by atoms with Crippen molar-refractivity contribution in [1.82, 2.24) is 14.9 Å². The van der Waals surface area contributed by atoms with Crippen LogP contribution in [-0.2, 0) is 13.1 Å². The Kier molecular flexibility index (Phi) is 4.81. The average molecular weight is 353 g/mol. The topological polar surface area (TPSA) is 41.1 Å². The molecule has 0 amide bonds. The molecule has 0 unspecified atom stereocenters. The van der Waals surface area contributed by atoms with Crippen LogP contribution in [0.5, 0.6) is 0 Å². The molecular formula is C20H21ClN4. The fourth-order valence-electron chi connectivity index (χ4n) is 3.26. The Hall–Kier alpha value is -2.17. The lowest BCUT2D eigenvalue weighted by molar-refractivity contribution is 0.323. The number of nitrogens with one attached hydrogen (secondary N) is 1. The van der Waals surface area contributed by atoms with Gasteiger partial charge in [0.2, 0.25) is 0 Å². The van der Waals surface area contributed by atoms with Crippen LogP contribution in [0.4, 0.5) is 5.82 Å². The van der Waals surface area contributed by atoms with Gasteiger partial charge in [-0.05, 0) is 55.8 Å². The Balaban J connectivity index is 1.59. The molecule has 0 spiro atoms. The summed E-state index contributed by atoms with van der Waals surface area (Å²) in [5, 5.41) is 5.29. The van der Waals surface area contributed by atoms with E-state index in [2.05, 4.69) is 22.3 Å². The summed E-state index contributed by atoms with van der Waals surface area (Å²) >= 11 is 5.96. The van der Waals surface area contributed by atoms with Gasteiger partial charge >= 0.3 is 0 Å². The number of para-hydroxylation sites is 1. The largest absolute Gasteiger partial charge is 0.365 e.